The number of hydrogen-bond donors (Lipinski definition) is 0. The third-order valence-electron chi connectivity index (χ3n) is 2.82. The lowest BCUT2D eigenvalue weighted by Crippen LogP contribution is -2.39. The summed E-state index contributed by atoms with van der Waals surface area (Å²) in [5, 5.41) is 0. The van der Waals surface area contributed by atoms with E-state index in [9.17, 15) is 0 Å². The van der Waals surface area contributed by atoms with Gasteiger partial charge in [0.2, 0.25) is 0 Å². The van der Waals surface area contributed by atoms with Crippen LogP contribution in [-0.4, -0.2) is 22.8 Å². The van der Waals surface area contributed by atoms with Crippen LogP contribution < -0.4 is 0 Å². The molecule has 0 saturated heterocycles. The summed E-state index contributed by atoms with van der Waals surface area (Å²) in [5.41, 5.74) is 0. The van der Waals surface area contributed by atoms with Gasteiger partial charge < -0.3 is 8.85 Å². The Balaban J connectivity index is 3.94. The van der Waals surface area contributed by atoms with Crippen molar-refractivity contribution in [2.45, 2.75) is 58.0 Å². The maximum Gasteiger partial charge on any atom is 0.337 e. The quantitative estimate of drug-likeness (QED) is 0.434. The Kier molecular flexibility index (Phi) is 8.53. The van der Waals surface area contributed by atoms with Gasteiger partial charge in [-0.15, -0.1) is 0 Å². The van der Waals surface area contributed by atoms with Gasteiger partial charge in [0.05, 0.1) is 0 Å². The fourth-order valence-corrected chi connectivity index (χ4v) is 4.62. The van der Waals surface area contributed by atoms with Crippen molar-refractivity contribution in [3.63, 3.8) is 0 Å². The maximum absolute atomic E-state index is 5.65. The predicted octanol–water partition coefficient (Wildman–Crippen LogP) is 3.71. The second-order valence-electron chi connectivity index (χ2n) is 3.88. The van der Waals surface area contributed by atoms with Crippen LogP contribution in [0.4, 0.5) is 0 Å². The molecule has 0 saturated carbocycles. The predicted molar refractivity (Wildman–Crippen MR) is 63.8 cm³/mol. The van der Waals surface area contributed by atoms with Gasteiger partial charge >= 0.3 is 8.56 Å². The van der Waals surface area contributed by atoms with Crippen molar-refractivity contribution in [3.05, 3.63) is 0 Å². The maximum atomic E-state index is 5.65. The van der Waals surface area contributed by atoms with Crippen LogP contribution in [0.1, 0.15) is 46.0 Å². The molecular weight excluding hydrogens is 192 g/mol. The Morgan fingerprint density at radius 1 is 0.786 bits per heavy atom. The van der Waals surface area contributed by atoms with Crippen molar-refractivity contribution in [3.8, 4) is 0 Å². The summed E-state index contributed by atoms with van der Waals surface area (Å²) in [6.45, 7) is 4.45. The molecule has 0 aliphatic heterocycles. The first-order valence-electron chi connectivity index (χ1n) is 5.85. The Morgan fingerprint density at radius 3 is 1.71 bits per heavy atom. The summed E-state index contributed by atoms with van der Waals surface area (Å²) in [6, 6.07) is 2.31. The standard InChI is InChI=1S/C11H26O2Si/c1-5-7-9-11-14(12-3,13-4)10-8-6-2/h5-11H2,1-4H3. The van der Waals surface area contributed by atoms with E-state index in [1.807, 2.05) is 14.2 Å². The third kappa shape index (κ3) is 5.13. The summed E-state index contributed by atoms with van der Waals surface area (Å²) >= 11 is 0. The molecule has 0 rings (SSSR count). The smallest absolute Gasteiger partial charge is 0.337 e. The Labute approximate surface area is 90.2 Å². The number of unbranched alkanes of at least 4 members (excludes halogenated alkanes) is 3. The normalized spacial score (nSPS) is 12.0. The monoisotopic (exact) mass is 218 g/mol. The van der Waals surface area contributed by atoms with E-state index >= 15 is 0 Å². The van der Waals surface area contributed by atoms with Crippen LogP contribution in [0.25, 0.3) is 0 Å². The molecule has 86 valence electrons. The van der Waals surface area contributed by atoms with Gasteiger partial charge in [-0.3, -0.25) is 0 Å². The molecule has 0 atom stereocenters. The second kappa shape index (κ2) is 8.45. The van der Waals surface area contributed by atoms with Crippen LogP contribution in [-0.2, 0) is 8.85 Å². The van der Waals surface area contributed by atoms with Crippen molar-refractivity contribution in [2.75, 3.05) is 14.2 Å². The summed E-state index contributed by atoms with van der Waals surface area (Å²) in [6.07, 6.45) is 6.29. The van der Waals surface area contributed by atoms with E-state index in [2.05, 4.69) is 13.8 Å². The molecule has 0 aromatic rings. The van der Waals surface area contributed by atoms with Gasteiger partial charge in [0, 0.05) is 14.2 Å². The van der Waals surface area contributed by atoms with Crippen molar-refractivity contribution in [1.29, 1.82) is 0 Å². The Hall–Kier alpha value is 0.137. The number of hydrogen-bond acceptors (Lipinski definition) is 2. The average molecular weight is 218 g/mol. The molecule has 3 heteroatoms. The zero-order valence-corrected chi connectivity index (χ0v) is 11.3. The van der Waals surface area contributed by atoms with E-state index in [-0.39, 0.29) is 0 Å². The van der Waals surface area contributed by atoms with Crippen LogP contribution in [0.3, 0.4) is 0 Å². The molecule has 2 nitrogen and oxygen atoms in total. The zero-order valence-electron chi connectivity index (χ0n) is 10.3. The minimum absolute atomic E-state index is 1.15. The fraction of sp³-hybridized carbons (Fsp3) is 1.00. The molecule has 0 unspecified atom stereocenters. The molecule has 0 bridgehead atoms. The molecule has 0 aliphatic carbocycles. The molecule has 14 heavy (non-hydrogen) atoms. The van der Waals surface area contributed by atoms with E-state index in [1.165, 1.54) is 32.1 Å². The van der Waals surface area contributed by atoms with Gasteiger partial charge in [-0.1, -0.05) is 46.0 Å². The summed E-state index contributed by atoms with van der Waals surface area (Å²) in [4.78, 5) is 0. The Bertz CT molecular complexity index is 124. The summed E-state index contributed by atoms with van der Waals surface area (Å²) < 4.78 is 11.3. The lowest BCUT2D eigenvalue weighted by molar-refractivity contribution is 0.238. The molecule has 0 amide bonds. The highest BCUT2D eigenvalue weighted by Crippen LogP contribution is 2.23. The van der Waals surface area contributed by atoms with E-state index in [0.717, 1.165) is 12.1 Å². The zero-order chi connectivity index (χ0) is 10.9. The van der Waals surface area contributed by atoms with E-state index in [4.69, 9.17) is 8.85 Å². The highest BCUT2D eigenvalue weighted by molar-refractivity contribution is 6.67. The summed E-state index contributed by atoms with van der Waals surface area (Å²) in [5.74, 6) is 0. The molecule has 0 aromatic heterocycles. The number of rotatable bonds is 9. The van der Waals surface area contributed by atoms with Crippen LogP contribution in [0.2, 0.25) is 12.1 Å². The van der Waals surface area contributed by atoms with Crippen LogP contribution in [0.5, 0.6) is 0 Å². The van der Waals surface area contributed by atoms with E-state index < -0.39 is 8.56 Å². The first-order chi connectivity index (χ1) is 6.74. The van der Waals surface area contributed by atoms with Gasteiger partial charge in [-0.05, 0) is 12.1 Å². The molecule has 0 spiro atoms. The van der Waals surface area contributed by atoms with Gasteiger partial charge in [0.1, 0.15) is 0 Å². The first-order valence-corrected chi connectivity index (χ1v) is 8.08. The van der Waals surface area contributed by atoms with Gasteiger partial charge in [0.15, 0.2) is 0 Å². The van der Waals surface area contributed by atoms with Crippen LogP contribution >= 0.6 is 0 Å². The molecular formula is C11H26O2Si. The SMILES string of the molecule is CCCCC[Si](CCCC)(OC)OC. The minimum Gasteiger partial charge on any atom is -0.398 e. The second-order valence-corrected chi connectivity index (χ2v) is 7.52. The van der Waals surface area contributed by atoms with E-state index in [1.54, 1.807) is 0 Å². The van der Waals surface area contributed by atoms with Crippen molar-refractivity contribution >= 4 is 8.56 Å². The largest absolute Gasteiger partial charge is 0.398 e. The van der Waals surface area contributed by atoms with Gasteiger partial charge in [0.25, 0.3) is 0 Å². The van der Waals surface area contributed by atoms with Gasteiger partial charge in [-0.2, -0.15) is 0 Å². The average Bonchev–Trinajstić information content (AvgIpc) is 2.24. The summed E-state index contributed by atoms with van der Waals surface area (Å²) in [7, 11) is 1.83. The van der Waals surface area contributed by atoms with E-state index in [0.29, 0.717) is 0 Å². The lowest BCUT2D eigenvalue weighted by Gasteiger charge is -2.27. The highest BCUT2D eigenvalue weighted by atomic mass is 28.4. The highest BCUT2D eigenvalue weighted by Gasteiger charge is 2.33. The molecule has 0 radical (unpaired) electrons. The molecule has 0 heterocycles. The fourth-order valence-electron chi connectivity index (χ4n) is 1.71. The van der Waals surface area contributed by atoms with Gasteiger partial charge in [-0.25, -0.2) is 0 Å². The van der Waals surface area contributed by atoms with Crippen molar-refractivity contribution < 1.29 is 8.85 Å². The van der Waals surface area contributed by atoms with Crippen LogP contribution in [0.15, 0.2) is 0 Å². The lowest BCUT2D eigenvalue weighted by atomic mass is 10.3. The van der Waals surface area contributed by atoms with Crippen LogP contribution in [0, 0.1) is 0 Å². The van der Waals surface area contributed by atoms with Crippen molar-refractivity contribution in [1.82, 2.24) is 0 Å². The topological polar surface area (TPSA) is 18.5 Å². The third-order valence-corrected chi connectivity index (χ3v) is 6.54. The minimum atomic E-state index is -1.80. The molecule has 0 aliphatic rings. The first kappa shape index (κ1) is 14.1. The molecule has 0 aromatic carbocycles. The van der Waals surface area contributed by atoms with Crippen molar-refractivity contribution in [2.24, 2.45) is 0 Å². The molecule has 0 fully saturated rings. The Morgan fingerprint density at radius 2 is 1.29 bits per heavy atom. The molecule has 0 N–H and O–H groups in total.